The number of nitrogens with one attached hydrogen (secondary N) is 2. The lowest BCUT2D eigenvalue weighted by Gasteiger charge is -2.10. The highest BCUT2D eigenvalue weighted by atomic mass is 35.5. The topological polar surface area (TPSA) is 76.1 Å². The number of amides is 2. The van der Waals surface area contributed by atoms with E-state index in [0.717, 1.165) is 0 Å². The van der Waals surface area contributed by atoms with Crippen LogP contribution in [0.3, 0.4) is 0 Å². The maximum absolute atomic E-state index is 11.7. The molecule has 0 saturated carbocycles. The summed E-state index contributed by atoms with van der Waals surface area (Å²) in [6.45, 7) is 0. The van der Waals surface area contributed by atoms with Crippen LogP contribution in [0, 0.1) is 0 Å². The minimum Gasteiger partial charge on any atom is -0.495 e. The summed E-state index contributed by atoms with van der Waals surface area (Å²) in [4.78, 5) is 19.5. The number of hydrogen-bond donors (Lipinski definition) is 2. The summed E-state index contributed by atoms with van der Waals surface area (Å²) in [6.07, 6.45) is 3.07. The average molecular weight is 279 g/mol. The van der Waals surface area contributed by atoms with Crippen molar-refractivity contribution in [3.8, 4) is 5.75 Å². The molecule has 0 bridgehead atoms. The summed E-state index contributed by atoms with van der Waals surface area (Å²) in [5, 5.41) is 5.64. The van der Waals surface area contributed by atoms with Gasteiger partial charge >= 0.3 is 6.03 Å². The SMILES string of the molecule is COc1cc(Cl)ccc1NC(=O)Nc1ncccn1. The molecule has 1 aromatic heterocycles. The number of rotatable bonds is 3. The molecule has 0 saturated heterocycles. The van der Waals surface area contributed by atoms with Crippen molar-refractivity contribution in [2.24, 2.45) is 0 Å². The van der Waals surface area contributed by atoms with Crippen molar-refractivity contribution in [3.05, 3.63) is 41.7 Å². The first-order valence-electron chi connectivity index (χ1n) is 5.37. The van der Waals surface area contributed by atoms with Crippen LogP contribution in [0.4, 0.5) is 16.4 Å². The van der Waals surface area contributed by atoms with Crippen LogP contribution in [0.25, 0.3) is 0 Å². The van der Waals surface area contributed by atoms with E-state index in [1.54, 1.807) is 24.3 Å². The van der Waals surface area contributed by atoms with Crippen molar-refractivity contribution in [3.63, 3.8) is 0 Å². The molecular weight excluding hydrogens is 268 g/mol. The van der Waals surface area contributed by atoms with Crippen LogP contribution in [0.1, 0.15) is 0 Å². The van der Waals surface area contributed by atoms with Crippen LogP contribution in [0.2, 0.25) is 5.02 Å². The van der Waals surface area contributed by atoms with Gasteiger partial charge < -0.3 is 10.1 Å². The molecule has 1 heterocycles. The molecule has 2 rings (SSSR count). The fourth-order valence-corrected chi connectivity index (χ4v) is 1.55. The number of urea groups is 1. The number of anilines is 2. The van der Waals surface area contributed by atoms with Crippen molar-refractivity contribution in [2.45, 2.75) is 0 Å². The Bertz CT molecular complexity index is 577. The lowest BCUT2D eigenvalue weighted by Crippen LogP contribution is -2.21. The fraction of sp³-hybridized carbons (Fsp3) is 0.0833. The molecule has 98 valence electrons. The van der Waals surface area contributed by atoms with Crippen LogP contribution in [-0.4, -0.2) is 23.1 Å². The fourth-order valence-electron chi connectivity index (χ4n) is 1.39. The third-order valence-corrected chi connectivity index (χ3v) is 2.44. The van der Waals surface area contributed by atoms with Gasteiger partial charge in [0, 0.05) is 23.5 Å². The Kier molecular flexibility index (Phi) is 4.15. The summed E-state index contributed by atoms with van der Waals surface area (Å²) in [5.74, 6) is 0.685. The van der Waals surface area contributed by atoms with Gasteiger partial charge in [0.25, 0.3) is 0 Å². The van der Waals surface area contributed by atoms with Gasteiger partial charge in [-0.3, -0.25) is 5.32 Å². The summed E-state index contributed by atoms with van der Waals surface area (Å²) in [5.41, 5.74) is 0.500. The predicted molar refractivity (Wildman–Crippen MR) is 72.7 cm³/mol. The highest BCUT2D eigenvalue weighted by Gasteiger charge is 2.08. The molecule has 0 atom stereocenters. The number of carbonyl (C=O) groups excluding carboxylic acids is 1. The Labute approximate surface area is 114 Å². The first kappa shape index (κ1) is 13.1. The van der Waals surface area contributed by atoms with Gasteiger partial charge in [0.2, 0.25) is 5.95 Å². The van der Waals surface area contributed by atoms with Gasteiger partial charge in [0.1, 0.15) is 5.75 Å². The minimum atomic E-state index is -0.466. The van der Waals surface area contributed by atoms with Gasteiger partial charge in [0.15, 0.2) is 0 Å². The van der Waals surface area contributed by atoms with Crippen LogP contribution in [-0.2, 0) is 0 Å². The molecule has 0 aliphatic heterocycles. The van der Waals surface area contributed by atoms with Gasteiger partial charge in [-0.2, -0.15) is 0 Å². The smallest absolute Gasteiger partial charge is 0.326 e. The van der Waals surface area contributed by atoms with E-state index >= 15 is 0 Å². The molecular formula is C12H11ClN4O2. The number of benzene rings is 1. The summed E-state index contributed by atoms with van der Waals surface area (Å²) >= 11 is 5.83. The van der Waals surface area contributed by atoms with Crippen molar-refractivity contribution < 1.29 is 9.53 Å². The van der Waals surface area contributed by atoms with Crippen LogP contribution in [0.15, 0.2) is 36.7 Å². The van der Waals surface area contributed by atoms with Gasteiger partial charge in [0.05, 0.1) is 12.8 Å². The zero-order chi connectivity index (χ0) is 13.7. The Morgan fingerprint density at radius 3 is 2.68 bits per heavy atom. The molecule has 2 N–H and O–H groups in total. The second-order valence-electron chi connectivity index (χ2n) is 3.50. The van der Waals surface area contributed by atoms with Crippen LogP contribution < -0.4 is 15.4 Å². The summed E-state index contributed by atoms with van der Waals surface area (Å²) < 4.78 is 5.12. The molecule has 0 spiro atoms. The van der Waals surface area contributed by atoms with E-state index in [1.165, 1.54) is 19.5 Å². The third-order valence-electron chi connectivity index (χ3n) is 2.20. The van der Waals surface area contributed by atoms with E-state index in [1.807, 2.05) is 0 Å². The molecule has 0 fully saturated rings. The van der Waals surface area contributed by atoms with Gasteiger partial charge in [-0.25, -0.2) is 14.8 Å². The molecule has 2 amide bonds. The number of nitrogens with zero attached hydrogens (tertiary/aromatic N) is 2. The van der Waals surface area contributed by atoms with E-state index in [-0.39, 0.29) is 5.95 Å². The van der Waals surface area contributed by atoms with Crippen molar-refractivity contribution >= 4 is 29.3 Å². The van der Waals surface area contributed by atoms with Crippen molar-refractivity contribution in [1.82, 2.24) is 9.97 Å². The molecule has 0 unspecified atom stereocenters. The molecule has 2 aromatic rings. The predicted octanol–water partition coefficient (Wildman–Crippen LogP) is 2.78. The van der Waals surface area contributed by atoms with Crippen molar-refractivity contribution in [2.75, 3.05) is 17.7 Å². The second kappa shape index (κ2) is 6.01. The molecule has 19 heavy (non-hydrogen) atoms. The number of halogens is 1. The van der Waals surface area contributed by atoms with Gasteiger partial charge in [-0.1, -0.05) is 11.6 Å². The Balaban J connectivity index is 2.07. The molecule has 0 radical (unpaired) electrons. The van der Waals surface area contributed by atoms with E-state index in [9.17, 15) is 4.79 Å². The minimum absolute atomic E-state index is 0.216. The van der Waals surface area contributed by atoms with Crippen molar-refractivity contribution in [1.29, 1.82) is 0 Å². The van der Waals surface area contributed by atoms with Gasteiger partial charge in [-0.15, -0.1) is 0 Å². The Morgan fingerprint density at radius 1 is 1.26 bits per heavy atom. The van der Waals surface area contributed by atoms with E-state index < -0.39 is 6.03 Å². The Morgan fingerprint density at radius 2 is 2.00 bits per heavy atom. The van der Waals surface area contributed by atoms with E-state index in [4.69, 9.17) is 16.3 Å². The number of hydrogen-bond acceptors (Lipinski definition) is 4. The maximum atomic E-state index is 11.7. The lowest BCUT2D eigenvalue weighted by molar-refractivity contribution is 0.262. The highest BCUT2D eigenvalue weighted by Crippen LogP contribution is 2.27. The maximum Gasteiger partial charge on any atom is 0.326 e. The third kappa shape index (κ3) is 3.56. The summed E-state index contributed by atoms with van der Waals surface area (Å²) in [7, 11) is 1.50. The largest absolute Gasteiger partial charge is 0.495 e. The first-order valence-corrected chi connectivity index (χ1v) is 5.75. The second-order valence-corrected chi connectivity index (χ2v) is 3.93. The molecule has 1 aromatic carbocycles. The lowest BCUT2D eigenvalue weighted by atomic mass is 10.3. The average Bonchev–Trinajstić information content (AvgIpc) is 2.42. The summed E-state index contributed by atoms with van der Waals surface area (Å²) in [6, 6.07) is 6.10. The molecule has 7 heteroatoms. The molecule has 0 aliphatic carbocycles. The highest BCUT2D eigenvalue weighted by molar-refractivity contribution is 6.30. The van der Waals surface area contributed by atoms with Crippen LogP contribution >= 0.6 is 11.6 Å². The van der Waals surface area contributed by atoms with E-state index in [0.29, 0.717) is 16.5 Å². The van der Waals surface area contributed by atoms with Crippen LogP contribution in [0.5, 0.6) is 5.75 Å². The first-order chi connectivity index (χ1) is 9.19. The quantitative estimate of drug-likeness (QED) is 0.905. The molecule has 6 nitrogen and oxygen atoms in total. The number of methoxy groups -OCH3 is 1. The Hall–Kier alpha value is -2.34. The monoisotopic (exact) mass is 278 g/mol. The normalized spacial score (nSPS) is 9.79. The standard InChI is InChI=1S/C12H11ClN4O2/c1-19-10-7-8(13)3-4-9(10)16-12(18)17-11-14-5-2-6-15-11/h2-7H,1H3,(H2,14,15,16,17,18). The van der Waals surface area contributed by atoms with E-state index in [2.05, 4.69) is 20.6 Å². The number of ether oxygens (including phenoxy) is 1. The number of aromatic nitrogens is 2. The van der Waals surface area contributed by atoms with Gasteiger partial charge in [-0.05, 0) is 18.2 Å². The zero-order valence-electron chi connectivity index (χ0n) is 10.1. The molecule has 0 aliphatic rings. The number of carbonyl (C=O) groups is 1. The zero-order valence-corrected chi connectivity index (χ0v) is 10.8.